The van der Waals surface area contributed by atoms with Crippen molar-refractivity contribution < 1.29 is 23.8 Å². The Labute approximate surface area is 163 Å². The van der Waals surface area contributed by atoms with Gasteiger partial charge in [-0.3, -0.25) is 9.59 Å². The van der Waals surface area contributed by atoms with Crippen LogP contribution < -0.4 is 0 Å². The third-order valence-electron chi connectivity index (χ3n) is 5.83. The number of hydrogen-bond acceptors (Lipinski definition) is 5. The Hall–Kier alpha value is -2.67. The number of amides is 1. The molecule has 4 rings (SSSR count). The molecule has 2 fully saturated rings. The van der Waals surface area contributed by atoms with Crippen LogP contribution >= 0.6 is 0 Å². The van der Waals surface area contributed by atoms with Crippen LogP contribution in [0.15, 0.2) is 35.1 Å². The maximum atomic E-state index is 13.0. The van der Waals surface area contributed by atoms with Crippen LogP contribution in [0.25, 0.3) is 11.3 Å². The summed E-state index contributed by atoms with van der Waals surface area (Å²) in [7, 11) is 0. The molecule has 0 bridgehead atoms. The van der Waals surface area contributed by atoms with Crippen LogP contribution in [0.2, 0.25) is 0 Å². The van der Waals surface area contributed by atoms with Gasteiger partial charge in [-0.2, -0.15) is 0 Å². The molecule has 0 radical (unpaired) electrons. The van der Waals surface area contributed by atoms with Crippen molar-refractivity contribution in [1.82, 2.24) is 9.88 Å². The van der Waals surface area contributed by atoms with E-state index < -0.39 is 11.9 Å². The van der Waals surface area contributed by atoms with Gasteiger partial charge in [-0.25, -0.2) is 4.98 Å². The number of nitrogens with zero attached hydrogens (tertiary/aromatic N) is 2. The van der Waals surface area contributed by atoms with E-state index in [1.807, 2.05) is 31.2 Å². The van der Waals surface area contributed by atoms with Gasteiger partial charge in [-0.05, 0) is 32.1 Å². The van der Waals surface area contributed by atoms with Crippen molar-refractivity contribution in [3.05, 3.63) is 41.9 Å². The van der Waals surface area contributed by atoms with Gasteiger partial charge in [0.2, 0.25) is 0 Å². The van der Waals surface area contributed by atoms with Crippen LogP contribution in [-0.4, -0.2) is 52.7 Å². The van der Waals surface area contributed by atoms with E-state index >= 15 is 0 Å². The van der Waals surface area contributed by atoms with Crippen LogP contribution in [0.1, 0.15) is 35.3 Å². The number of aliphatic carboxylic acids is 1. The molecule has 0 saturated carbocycles. The number of oxazole rings is 1. The Morgan fingerprint density at radius 2 is 1.86 bits per heavy atom. The summed E-state index contributed by atoms with van der Waals surface area (Å²) in [5, 5.41) is 9.37. The second-order valence-electron chi connectivity index (χ2n) is 7.59. The summed E-state index contributed by atoms with van der Waals surface area (Å²) in [6, 6.07) is 7.78. The average molecular weight is 384 g/mol. The summed E-state index contributed by atoms with van der Waals surface area (Å²) >= 11 is 0. The molecule has 28 heavy (non-hydrogen) atoms. The van der Waals surface area contributed by atoms with Crippen LogP contribution in [0, 0.1) is 18.8 Å². The van der Waals surface area contributed by atoms with Gasteiger partial charge in [-0.1, -0.05) is 29.8 Å². The maximum absolute atomic E-state index is 13.0. The average Bonchev–Trinajstić information content (AvgIpc) is 3.38. The summed E-state index contributed by atoms with van der Waals surface area (Å²) in [5.74, 6) is -0.717. The fraction of sp³-hybridized carbons (Fsp3) is 0.476. The Kier molecular flexibility index (Phi) is 5.17. The van der Waals surface area contributed by atoms with Gasteiger partial charge in [-0.15, -0.1) is 0 Å². The van der Waals surface area contributed by atoms with Crippen molar-refractivity contribution in [3.8, 4) is 11.3 Å². The number of carbonyl (C=O) groups is 2. The number of aryl methyl sites for hydroxylation is 1. The van der Waals surface area contributed by atoms with Crippen molar-refractivity contribution in [2.45, 2.75) is 32.3 Å². The van der Waals surface area contributed by atoms with Gasteiger partial charge >= 0.3 is 5.97 Å². The highest BCUT2D eigenvalue weighted by atomic mass is 16.5. The molecule has 148 valence electrons. The lowest BCUT2D eigenvalue weighted by atomic mass is 9.84. The molecule has 0 aliphatic carbocycles. The second-order valence-corrected chi connectivity index (χ2v) is 7.59. The molecule has 1 aromatic heterocycles. The van der Waals surface area contributed by atoms with Crippen molar-refractivity contribution in [2.24, 2.45) is 11.8 Å². The van der Waals surface area contributed by atoms with Gasteiger partial charge in [0.1, 0.15) is 0 Å². The molecule has 1 N–H and O–H groups in total. The van der Waals surface area contributed by atoms with Crippen LogP contribution in [0.4, 0.5) is 0 Å². The predicted octanol–water partition coefficient (Wildman–Crippen LogP) is 2.99. The first kappa shape index (κ1) is 18.7. The largest absolute Gasteiger partial charge is 0.481 e. The number of carboxylic acids is 1. The van der Waals surface area contributed by atoms with Gasteiger partial charge in [0.15, 0.2) is 17.8 Å². The molecular formula is C21H24N2O5. The smallest absolute Gasteiger partial charge is 0.309 e. The molecule has 2 aliphatic heterocycles. The predicted molar refractivity (Wildman–Crippen MR) is 101 cm³/mol. The van der Waals surface area contributed by atoms with Crippen LogP contribution in [0.5, 0.6) is 0 Å². The second kappa shape index (κ2) is 7.75. The number of piperidine rings is 1. The number of benzene rings is 1. The van der Waals surface area contributed by atoms with Gasteiger partial charge in [0.25, 0.3) is 5.91 Å². The quantitative estimate of drug-likeness (QED) is 0.871. The molecule has 7 nitrogen and oxygen atoms in total. The zero-order chi connectivity index (χ0) is 19.7. The normalized spacial score (nSPS) is 23.1. The van der Waals surface area contributed by atoms with Crippen LogP contribution in [0.3, 0.4) is 0 Å². The molecule has 0 spiro atoms. The van der Waals surface area contributed by atoms with Crippen molar-refractivity contribution in [1.29, 1.82) is 0 Å². The van der Waals surface area contributed by atoms with E-state index in [9.17, 15) is 14.7 Å². The molecule has 1 aromatic carbocycles. The van der Waals surface area contributed by atoms with E-state index in [4.69, 9.17) is 9.15 Å². The molecule has 2 aromatic rings. The van der Waals surface area contributed by atoms with Gasteiger partial charge in [0.05, 0.1) is 12.0 Å². The summed E-state index contributed by atoms with van der Waals surface area (Å²) in [5.41, 5.74) is 2.28. The number of aromatic nitrogens is 1. The van der Waals surface area contributed by atoms with E-state index in [0.717, 1.165) is 24.0 Å². The van der Waals surface area contributed by atoms with E-state index in [1.54, 1.807) is 4.90 Å². The number of carboxylic acid groups (broad SMARTS) is 1. The number of likely N-dealkylation sites (tertiary alicyclic amines) is 1. The third-order valence-corrected chi connectivity index (χ3v) is 5.83. The van der Waals surface area contributed by atoms with Crippen LogP contribution in [-0.2, 0) is 9.53 Å². The minimum absolute atomic E-state index is 0.148. The van der Waals surface area contributed by atoms with E-state index in [0.29, 0.717) is 37.6 Å². The number of ether oxygens (including phenoxy) is 1. The maximum Gasteiger partial charge on any atom is 0.309 e. The zero-order valence-corrected chi connectivity index (χ0v) is 15.8. The Morgan fingerprint density at radius 1 is 1.14 bits per heavy atom. The molecule has 2 aliphatic rings. The first-order valence-corrected chi connectivity index (χ1v) is 9.69. The third kappa shape index (κ3) is 3.54. The molecule has 2 saturated heterocycles. The number of carbonyl (C=O) groups excluding carboxylic acids is 1. The zero-order valence-electron chi connectivity index (χ0n) is 15.8. The number of rotatable bonds is 4. The Balaban J connectivity index is 1.43. The number of hydrogen-bond donors (Lipinski definition) is 1. The summed E-state index contributed by atoms with van der Waals surface area (Å²) in [6.07, 6.45) is 3.09. The topological polar surface area (TPSA) is 92.9 Å². The summed E-state index contributed by atoms with van der Waals surface area (Å²) < 4.78 is 11.2. The van der Waals surface area contributed by atoms with Gasteiger partial charge in [0, 0.05) is 25.3 Å². The molecular weight excluding hydrogens is 360 g/mol. The first-order chi connectivity index (χ1) is 13.5. The molecule has 2 atom stereocenters. The minimum Gasteiger partial charge on any atom is -0.481 e. The van der Waals surface area contributed by atoms with E-state index in [2.05, 4.69) is 4.98 Å². The first-order valence-electron chi connectivity index (χ1n) is 9.69. The standard InChI is InChI=1S/C21H24N2O5/c1-13-2-4-14(5-3-13)19-17(22-12-28-19)20(24)23-9-6-15(7-10-23)18-16(21(25)26)8-11-27-18/h2-5,12,15-16,18H,6-11H2,1H3,(H,25,26)/t16?,18-/m0/s1. The summed E-state index contributed by atoms with van der Waals surface area (Å²) in [4.78, 5) is 30.3. The summed E-state index contributed by atoms with van der Waals surface area (Å²) in [6.45, 7) is 3.63. The molecule has 3 heterocycles. The molecule has 1 unspecified atom stereocenters. The Morgan fingerprint density at radius 3 is 2.54 bits per heavy atom. The van der Waals surface area contributed by atoms with Crippen molar-refractivity contribution in [3.63, 3.8) is 0 Å². The van der Waals surface area contributed by atoms with Gasteiger partial charge < -0.3 is 19.2 Å². The highest BCUT2D eigenvalue weighted by molar-refractivity contribution is 5.97. The SMILES string of the molecule is Cc1ccc(-c2ocnc2C(=O)N2CCC([C@@H]3OCCC3C(=O)O)CC2)cc1. The fourth-order valence-electron chi connectivity index (χ4n) is 4.23. The highest BCUT2D eigenvalue weighted by Gasteiger charge is 2.41. The van der Waals surface area contributed by atoms with E-state index in [1.165, 1.54) is 6.39 Å². The highest BCUT2D eigenvalue weighted by Crippen LogP contribution is 2.34. The lowest BCUT2D eigenvalue weighted by molar-refractivity contribution is -0.145. The Bertz CT molecular complexity index is 852. The molecule has 1 amide bonds. The molecule has 7 heteroatoms. The van der Waals surface area contributed by atoms with Crippen molar-refractivity contribution >= 4 is 11.9 Å². The van der Waals surface area contributed by atoms with E-state index in [-0.39, 0.29) is 17.9 Å². The fourth-order valence-corrected chi connectivity index (χ4v) is 4.23. The van der Waals surface area contributed by atoms with Crippen molar-refractivity contribution in [2.75, 3.05) is 19.7 Å². The lowest BCUT2D eigenvalue weighted by Gasteiger charge is -2.35. The lowest BCUT2D eigenvalue weighted by Crippen LogP contribution is -2.43. The monoisotopic (exact) mass is 384 g/mol. The minimum atomic E-state index is -0.786.